The molecule has 1 aromatic heterocycles. The molecule has 0 bridgehead atoms. The average molecular weight is 328 g/mol. The van der Waals surface area contributed by atoms with Crippen molar-refractivity contribution in [3.63, 3.8) is 0 Å². The molecule has 128 valence electrons. The summed E-state index contributed by atoms with van der Waals surface area (Å²) < 4.78 is 1.99. The third-order valence-electron chi connectivity index (χ3n) is 4.62. The number of hydrogen-bond acceptors (Lipinski definition) is 3. The number of likely N-dealkylation sites (tertiary alicyclic amines) is 1. The van der Waals surface area contributed by atoms with E-state index in [2.05, 4.69) is 10.3 Å². The van der Waals surface area contributed by atoms with Gasteiger partial charge in [0.25, 0.3) is 0 Å². The summed E-state index contributed by atoms with van der Waals surface area (Å²) in [4.78, 5) is 18.0. The number of hydrogen-bond donors (Lipinski definition) is 2. The highest BCUT2D eigenvalue weighted by Gasteiger charge is 2.35. The molecule has 6 heteroatoms. The maximum atomic E-state index is 12.2. The van der Waals surface area contributed by atoms with Crippen LogP contribution in [-0.4, -0.2) is 45.2 Å². The Morgan fingerprint density at radius 2 is 2.00 bits per heavy atom. The number of imidazole rings is 1. The molecular formula is C18H24N4O2. The molecule has 1 saturated heterocycles. The minimum absolute atomic E-state index is 0.0456. The van der Waals surface area contributed by atoms with E-state index < -0.39 is 5.60 Å². The molecule has 0 aliphatic carbocycles. The lowest BCUT2D eigenvalue weighted by Gasteiger charge is -2.38. The number of aryl methyl sites for hydroxylation is 1. The molecule has 1 aliphatic heterocycles. The van der Waals surface area contributed by atoms with Crippen molar-refractivity contribution in [3.05, 3.63) is 54.6 Å². The summed E-state index contributed by atoms with van der Waals surface area (Å²) in [6.45, 7) is 2.61. The zero-order chi connectivity index (χ0) is 16.8. The second-order valence-electron chi connectivity index (χ2n) is 6.27. The van der Waals surface area contributed by atoms with Crippen molar-refractivity contribution in [2.24, 2.45) is 0 Å². The molecule has 0 spiro atoms. The lowest BCUT2D eigenvalue weighted by molar-refractivity contribution is -0.0167. The first-order valence-corrected chi connectivity index (χ1v) is 8.44. The molecule has 2 aromatic rings. The van der Waals surface area contributed by atoms with Gasteiger partial charge in [-0.3, -0.25) is 0 Å². The number of aliphatic hydroxyl groups is 1. The van der Waals surface area contributed by atoms with Crippen molar-refractivity contribution in [2.45, 2.75) is 31.4 Å². The fourth-order valence-electron chi connectivity index (χ4n) is 3.10. The number of amides is 2. The van der Waals surface area contributed by atoms with Crippen LogP contribution in [0.4, 0.5) is 4.79 Å². The van der Waals surface area contributed by atoms with E-state index in [0.717, 1.165) is 18.5 Å². The minimum Gasteiger partial charge on any atom is -0.385 e. The Morgan fingerprint density at radius 1 is 1.25 bits per heavy atom. The van der Waals surface area contributed by atoms with E-state index in [4.69, 9.17) is 0 Å². The summed E-state index contributed by atoms with van der Waals surface area (Å²) >= 11 is 0. The molecule has 2 amide bonds. The lowest BCUT2D eigenvalue weighted by atomic mass is 9.84. The number of carbonyl (C=O) groups is 1. The number of piperidine rings is 1. The van der Waals surface area contributed by atoms with Crippen LogP contribution in [0, 0.1) is 0 Å². The number of rotatable bonds is 5. The lowest BCUT2D eigenvalue weighted by Crippen LogP contribution is -2.49. The van der Waals surface area contributed by atoms with E-state index in [-0.39, 0.29) is 6.03 Å². The molecule has 1 aromatic carbocycles. The van der Waals surface area contributed by atoms with Crippen LogP contribution in [-0.2, 0) is 12.1 Å². The van der Waals surface area contributed by atoms with Crippen LogP contribution in [0.5, 0.6) is 0 Å². The number of urea groups is 1. The Balaban J connectivity index is 1.42. The molecule has 2 N–H and O–H groups in total. The second kappa shape index (κ2) is 7.49. The summed E-state index contributed by atoms with van der Waals surface area (Å²) in [5.74, 6) is 0. The van der Waals surface area contributed by atoms with Crippen LogP contribution in [0.2, 0.25) is 0 Å². The first-order chi connectivity index (χ1) is 11.7. The van der Waals surface area contributed by atoms with E-state index >= 15 is 0 Å². The van der Waals surface area contributed by atoms with Gasteiger partial charge in [-0.25, -0.2) is 9.78 Å². The van der Waals surface area contributed by atoms with Gasteiger partial charge in [-0.15, -0.1) is 0 Å². The molecule has 0 saturated carbocycles. The largest absolute Gasteiger partial charge is 0.385 e. The fourth-order valence-corrected chi connectivity index (χ4v) is 3.10. The van der Waals surface area contributed by atoms with Crippen LogP contribution >= 0.6 is 0 Å². The van der Waals surface area contributed by atoms with Gasteiger partial charge >= 0.3 is 6.03 Å². The highest BCUT2D eigenvalue weighted by Crippen LogP contribution is 2.32. The Bertz CT molecular complexity index is 634. The van der Waals surface area contributed by atoms with Gasteiger partial charge in [-0.05, 0) is 24.8 Å². The molecular weight excluding hydrogens is 304 g/mol. The van der Waals surface area contributed by atoms with Crippen molar-refractivity contribution < 1.29 is 9.90 Å². The van der Waals surface area contributed by atoms with Gasteiger partial charge in [0, 0.05) is 38.6 Å². The summed E-state index contributed by atoms with van der Waals surface area (Å²) in [6.07, 6.45) is 7.44. The van der Waals surface area contributed by atoms with Gasteiger partial charge in [-0.1, -0.05) is 30.3 Å². The zero-order valence-corrected chi connectivity index (χ0v) is 13.8. The standard InChI is InChI=1S/C18H24N4O2/c23-17(20-9-4-11-21-14-10-19-15-21)22-12-7-18(24,8-13-22)16-5-2-1-3-6-16/h1-3,5-6,10,14-15,24H,4,7-9,11-13H2,(H,20,23). The highest BCUT2D eigenvalue weighted by atomic mass is 16.3. The van der Waals surface area contributed by atoms with Crippen LogP contribution < -0.4 is 5.32 Å². The summed E-state index contributed by atoms with van der Waals surface area (Å²) in [5.41, 5.74) is 0.116. The second-order valence-corrected chi connectivity index (χ2v) is 6.27. The normalized spacial score (nSPS) is 16.8. The van der Waals surface area contributed by atoms with Crippen LogP contribution in [0.1, 0.15) is 24.8 Å². The van der Waals surface area contributed by atoms with E-state index in [0.29, 0.717) is 32.5 Å². The number of nitrogens with zero attached hydrogens (tertiary/aromatic N) is 3. The number of benzene rings is 1. The van der Waals surface area contributed by atoms with Gasteiger partial charge in [0.05, 0.1) is 11.9 Å². The Labute approximate surface area is 142 Å². The SMILES string of the molecule is O=C(NCCCn1ccnc1)N1CCC(O)(c2ccccc2)CC1. The van der Waals surface area contributed by atoms with Gasteiger partial charge in [0.1, 0.15) is 0 Å². The quantitative estimate of drug-likeness (QED) is 0.825. The van der Waals surface area contributed by atoms with Crippen molar-refractivity contribution in [1.82, 2.24) is 19.8 Å². The fraction of sp³-hybridized carbons (Fsp3) is 0.444. The Hall–Kier alpha value is -2.34. The van der Waals surface area contributed by atoms with Gasteiger partial charge in [0.2, 0.25) is 0 Å². The molecule has 0 atom stereocenters. The molecule has 1 fully saturated rings. The van der Waals surface area contributed by atoms with Gasteiger partial charge in [0.15, 0.2) is 0 Å². The molecule has 24 heavy (non-hydrogen) atoms. The van der Waals surface area contributed by atoms with Crippen LogP contribution in [0.3, 0.4) is 0 Å². The van der Waals surface area contributed by atoms with E-state index in [1.165, 1.54) is 0 Å². The zero-order valence-electron chi connectivity index (χ0n) is 13.8. The van der Waals surface area contributed by atoms with E-state index in [1.807, 2.05) is 41.1 Å². The number of carbonyl (C=O) groups excluding carboxylic acids is 1. The molecule has 0 unspecified atom stereocenters. The topological polar surface area (TPSA) is 70.4 Å². The molecule has 1 aliphatic rings. The minimum atomic E-state index is -0.820. The first kappa shape index (κ1) is 16.5. The maximum Gasteiger partial charge on any atom is 0.317 e. The van der Waals surface area contributed by atoms with Crippen LogP contribution in [0.25, 0.3) is 0 Å². The highest BCUT2D eigenvalue weighted by molar-refractivity contribution is 5.74. The molecule has 3 rings (SSSR count). The smallest absolute Gasteiger partial charge is 0.317 e. The maximum absolute atomic E-state index is 12.2. The Morgan fingerprint density at radius 3 is 2.67 bits per heavy atom. The summed E-state index contributed by atoms with van der Waals surface area (Å²) in [6, 6.07) is 9.67. The molecule has 0 radical (unpaired) electrons. The van der Waals surface area contributed by atoms with E-state index in [9.17, 15) is 9.90 Å². The monoisotopic (exact) mass is 328 g/mol. The average Bonchev–Trinajstić information content (AvgIpc) is 3.13. The Kier molecular flexibility index (Phi) is 5.15. The van der Waals surface area contributed by atoms with E-state index in [1.54, 1.807) is 17.4 Å². The third-order valence-corrected chi connectivity index (χ3v) is 4.62. The van der Waals surface area contributed by atoms with Gasteiger partial charge < -0.3 is 19.9 Å². The predicted octanol–water partition coefficient (Wildman–Crippen LogP) is 1.97. The van der Waals surface area contributed by atoms with Crippen molar-refractivity contribution in [1.29, 1.82) is 0 Å². The first-order valence-electron chi connectivity index (χ1n) is 8.44. The predicted molar refractivity (Wildman–Crippen MR) is 91.4 cm³/mol. The van der Waals surface area contributed by atoms with Crippen molar-refractivity contribution in [3.8, 4) is 0 Å². The third kappa shape index (κ3) is 3.94. The molecule has 2 heterocycles. The summed E-state index contributed by atoms with van der Waals surface area (Å²) in [5, 5.41) is 13.7. The van der Waals surface area contributed by atoms with Crippen molar-refractivity contribution >= 4 is 6.03 Å². The number of nitrogens with one attached hydrogen (secondary N) is 1. The molecule has 6 nitrogen and oxygen atoms in total. The van der Waals surface area contributed by atoms with Gasteiger partial charge in [-0.2, -0.15) is 0 Å². The van der Waals surface area contributed by atoms with Crippen LogP contribution in [0.15, 0.2) is 49.1 Å². The summed E-state index contributed by atoms with van der Waals surface area (Å²) in [7, 11) is 0. The number of aromatic nitrogens is 2. The van der Waals surface area contributed by atoms with Crippen molar-refractivity contribution in [2.75, 3.05) is 19.6 Å².